The molecule has 3 aromatic carbocycles. The van der Waals surface area contributed by atoms with Gasteiger partial charge in [-0.2, -0.15) is 0 Å². The van der Waals surface area contributed by atoms with Crippen LogP contribution < -0.4 is 4.90 Å². The number of carbonyl (C=O) groups is 4. The molecule has 3 aromatic rings. The van der Waals surface area contributed by atoms with Crippen LogP contribution in [0.5, 0.6) is 0 Å². The van der Waals surface area contributed by atoms with Crippen LogP contribution in [0.4, 0.5) is 5.69 Å². The van der Waals surface area contributed by atoms with Crippen LogP contribution >= 0.6 is 0 Å². The number of fused-ring (bicyclic) bond motifs is 1. The summed E-state index contributed by atoms with van der Waals surface area (Å²) in [6.07, 6.45) is 0. The van der Waals surface area contributed by atoms with Crippen molar-refractivity contribution in [2.75, 3.05) is 4.90 Å². The quantitative estimate of drug-likeness (QED) is 0.662. The molecule has 0 saturated heterocycles. The van der Waals surface area contributed by atoms with E-state index in [1.165, 1.54) is 6.07 Å². The molecule has 1 heterocycles. The monoisotopic (exact) mass is 387 g/mol. The molecule has 0 atom stereocenters. The van der Waals surface area contributed by atoms with E-state index in [2.05, 4.69) is 0 Å². The summed E-state index contributed by atoms with van der Waals surface area (Å²) in [5.41, 5.74) is 1.20. The molecule has 0 spiro atoms. The molecule has 0 bridgehead atoms. The molecule has 0 aromatic heterocycles. The lowest BCUT2D eigenvalue weighted by Gasteiger charge is -2.15. The molecule has 29 heavy (non-hydrogen) atoms. The molecule has 4 rings (SSSR count). The Labute approximate surface area is 164 Å². The summed E-state index contributed by atoms with van der Waals surface area (Å²) in [6.45, 7) is 0. The Morgan fingerprint density at radius 1 is 0.655 bits per heavy atom. The van der Waals surface area contributed by atoms with Crippen molar-refractivity contribution in [3.63, 3.8) is 0 Å². The van der Waals surface area contributed by atoms with E-state index in [0.717, 1.165) is 34.2 Å². The molecule has 2 N–H and O–H groups in total. The Morgan fingerprint density at radius 2 is 1.24 bits per heavy atom. The van der Waals surface area contributed by atoms with Crippen molar-refractivity contribution in [2.24, 2.45) is 0 Å². The van der Waals surface area contributed by atoms with Crippen molar-refractivity contribution >= 4 is 29.4 Å². The Kier molecular flexibility index (Phi) is 4.20. The average molecular weight is 387 g/mol. The average Bonchev–Trinajstić information content (AvgIpc) is 2.98. The van der Waals surface area contributed by atoms with Crippen molar-refractivity contribution in [1.29, 1.82) is 0 Å². The standard InChI is InChI=1S/C22H13NO6/c24-19-17-7-6-13(12-4-2-1-3-5-12)11-18(17)20(25)23(19)16-9-14(21(26)27)8-15(10-16)22(28)29/h1-11H,(H,26,27)(H,28,29). The molecule has 2 amide bonds. The lowest BCUT2D eigenvalue weighted by molar-refractivity contribution is 0.0695. The first-order chi connectivity index (χ1) is 13.9. The Morgan fingerprint density at radius 3 is 1.83 bits per heavy atom. The van der Waals surface area contributed by atoms with Crippen molar-refractivity contribution in [1.82, 2.24) is 0 Å². The molecular weight excluding hydrogens is 374 g/mol. The first-order valence-electron chi connectivity index (χ1n) is 8.57. The van der Waals surface area contributed by atoms with E-state index in [1.54, 1.807) is 12.1 Å². The van der Waals surface area contributed by atoms with Gasteiger partial charge in [0.15, 0.2) is 0 Å². The number of hydrogen-bond donors (Lipinski definition) is 2. The van der Waals surface area contributed by atoms with Gasteiger partial charge in [0.05, 0.1) is 27.9 Å². The number of carboxylic acid groups (broad SMARTS) is 2. The molecule has 7 nitrogen and oxygen atoms in total. The van der Waals surface area contributed by atoms with Crippen LogP contribution in [-0.2, 0) is 0 Å². The lowest BCUT2D eigenvalue weighted by atomic mass is 10.0. The van der Waals surface area contributed by atoms with Gasteiger partial charge in [0.2, 0.25) is 0 Å². The zero-order valence-corrected chi connectivity index (χ0v) is 14.8. The van der Waals surface area contributed by atoms with E-state index < -0.39 is 23.8 Å². The highest BCUT2D eigenvalue weighted by Crippen LogP contribution is 2.32. The van der Waals surface area contributed by atoms with Crippen LogP contribution in [0.3, 0.4) is 0 Å². The van der Waals surface area contributed by atoms with Gasteiger partial charge >= 0.3 is 11.9 Å². The first-order valence-corrected chi connectivity index (χ1v) is 8.57. The second kappa shape index (κ2) is 6.72. The van der Waals surface area contributed by atoms with Crippen LogP contribution in [-0.4, -0.2) is 34.0 Å². The van der Waals surface area contributed by atoms with Crippen molar-refractivity contribution in [2.45, 2.75) is 0 Å². The molecule has 0 unspecified atom stereocenters. The number of rotatable bonds is 4. The van der Waals surface area contributed by atoms with E-state index in [0.29, 0.717) is 0 Å². The minimum atomic E-state index is -1.36. The molecule has 0 radical (unpaired) electrons. The third-order valence-corrected chi connectivity index (χ3v) is 4.66. The number of anilines is 1. The number of benzene rings is 3. The van der Waals surface area contributed by atoms with Gasteiger partial charge in [-0.05, 0) is 41.5 Å². The predicted octanol–water partition coefficient (Wildman–Crippen LogP) is 3.55. The SMILES string of the molecule is O=C(O)c1cc(C(=O)O)cc(N2C(=O)c3ccc(-c4ccccc4)cc3C2=O)c1. The summed E-state index contributed by atoms with van der Waals surface area (Å²) >= 11 is 0. The van der Waals surface area contributed by atoms with Gasteiger partial charge in [-0.1, -0.05) is 36.4 Å². The van der Waals surface area contributed by atoms with Crippen LogP contribution in [0.15, 0.2) is 66.7 Å². The van der Waals surface area contributed by atoms with Crippen molar-refractivity contribution < 1.29 is 29.4 Å². The maximum absolute atomic E-state index is 13.0. The van der Waals surface area contributed by atoms with Gasteiger partial charge in [-0.25, -0.2) is 14.5 Å². The largest absolute Gasteiger partial charge is 0.478 e. The summed E-state index contributed by atoms with van der Waals surface area (Å²) in [4.78, 5) is 49.3. The fourth-order valence-electron chi connectivity index (χ4n) is 3.27. The maximum Gasteiger partial charge on any atom is 0.335 e. The predicted molar refractivity (Wildman–Crippen MR) is 103 cm³/mol. The Bertz CT molecular complexity index is 1170. The summed E-state index contributed by atoms with van der Waals surface area (Å²) in [5, 5.41) is 18.5. The van der Waals surface area contributed by atoms with Crippen LogP contribution in [0.1, 0.15) is 41.4 Å². The summed E-state index contributed by atoms with van der Waals surface area (Å²) in [6, 6.07) is 17.4. The highest BCUT2D eigenvalue weighted by atomic mass is 16.4. The van der Waals surface area contributed by atoms with Gasteiger partial charge in [0, 0.05) is 0 Å². The highest BCUT2D eigenvalue weighted by molar-refractivity contribution is 6.34. The smallest absolute Gasteiger partial charge is 0.335 e. The molecule has 0 aliphatic carbocycles. The molecule has 0 fully saturated rings. The minimum absolute atomic E-state index is 0.102. The van der Waals surface area contributed by atoms with Gasteiger partial charge in [-0.3, -0.25) is 9.59 Å². The summed E-state index contributed by atoms with van der Waals surface area (Å²) in [7, 11) is 0. The molecule has 142 valence electrons. The van der Waals surface area contributed by atoms with Gasteiger partial charge in [0.1, 0.15) is 0 Å². The van der Waals surface area contributed by atoms with Gasteiger partial charge in [-0.15, -0.1) is 0 Å². The van der Waals surface area contributed by atoms with Crippen molar-refractivity contribution in [3.8, 4) is 11.1 Å². The highest BCUT2D eigenvalue weighted by Gasteiger charge is 2.37. The molecule has 7 heteroatoms. The number of carbonyl (C=O) groups excluding carboxylic acids is 2. The number of imide groups is 1. The summed E-state index contributed by atoms with van der Waals surface area (Å²) in [5.74, 6) is -4.00. The fourth-order valence-corrected chi connectivity index (χ4v) is 3.27. The van der Waals surface area contributed by atoms with Crippen LogP contribution in [0, 0.1) is 0 Å². The zero-order valence-electron chi connectivity index (χ0n) is 14.8. The first kappa shape index (κ1) is 18.1. The maximum atomic E-state index is 13.0. The number of carboxylic acids is 2. The number of amides is 2. The van der Waals surface area contributed by atoms with Crippen LogP contribution in [0.25, 0.3) is 11.1 Å². The van der Waals surface area contributed by atoms with E-state index >= 15 is 0 Å². The van der Waals surface area contributed by atoms with Crippen LogP contribution in [0.2, 0.25) is 0 Å². The zero-order chi connectivity index (χ0) is 20.7. The molecular formula is C22H13NO6. The normalized spacial score (nSPS) is 12.8. The second-order valence-corrected chi connectivity index (χ2v) is 6.45. The van der Waals surface area contributed by atoms with E-state index in [9.17, 15) is 29.4 Å². The van der Waals surface area contributed by atoms with Gasteiger partial charge < -0.3 is 10.2 Å². The molecule has 0 saturated carbocycles. The van der Waals surface area contributed by atoms with Gasteiger partial charge in [0.25, 0.3) is 11.8 Å². The third kappa shape index (κ3) is 3.04. The number of aromatic carboxylic acids is 2. The number of nitrogens with zero attached hydrogens (tertiary/aromatic N) is 1. The minimum Gasteiger partial charge on any atom is -0.478 e. The van der Waals surface area contributed by atoms with E-state index in [1.807, 2.05) is 30.3 Å². The Balaban J connectivity index is 1.81. The fraction of sp³-hybridized carbons (Fsp3) is 0. The third-order valence-electron chi connectivity index (χ3n) is 4.66. The van der Waals surface area contributed by atoms with Crippen molar-refractivity contribution in [3.05, 3.63) is 89.0 Å². The Hall–Kier alpha value is -4.26. The summed E-state index contributed by atoms with van der Waals surface area (Å²) < 4.78 is 0. The van der Waals surface area contributed by atoms with E-state index in [4.69, 9.17) is 0 Å². The molecule has 1 aliphatic rings. The lowest BCUT2D eigenvalue weighted by Crippen LogP contribution is -2.29. The molecule has 1 aliphatic heterocycles. The number of hydrogen-bond acceptors (Lipinski definition) is 4. The second-order valence-electron chi connectivity index (χ2n) is 6.45. The van der Waals surface area contributed by atoms with E-state index in [-0.39, 0.29) is 27.9 Å². The topological polar surface area (TPSA) is 112 Å².